The van der Waals surface area contributed by atoms with Gasteiger partial charge in [-0.25, -0.2) is 13.6 Å². The Kier molecular flexibility index (Phi) is 8.77. The predicted octanol–water partition coefficient (Wildman–Crippen LogP) is 3.62. The van der Waals surface area contributed by atoms with Crippen molar-refractivity contribution in [1.82, 2.24) is 20.0 Å². The number of likely N-dealkylation sites (tertiary alicyclic amines) is 1. The SMILES string of the molecule is NC(=O)c1nn(CC(=O)N2C[C@H](F)C[C@H]2C(=O)Nc2cccc(-c3cc(C(=O)CNC(=O)O)ccc3Cl)c2F)c2ccccc12. The fourth-order valence-corrected chi connectivity index (χ4v) is 5.39. The van der Waals surface area contributed by atoms with Crippen molar-refractivity contribution in [3.8, 4) is 11.1 Å². The Morgan fingerprint density at radius 3 is 2.53 bits per heavy atom. The summed E-state index contributed by atoms with van der Waals surface area (Å²) < 4.78 is 31.6. The average Bonchev–Trinajstić information content (AvgIpc) is 3.58. The van der Waals surface area contributed by atoms with E-state index in [2.05, 4.69) is 10.4 Å². The van der Waals surface area contributed by atoms with E-state index in [0.29, 0.717) is 10.9 Å². The van der Waals surface area contributed by atoms with Crippen LogP contribution in [0.2, 0.25) is 5.02 Å². The Morgan fingerprint density at radius 2 is 1.80 bits per heavy atom. The molecule has 4 amide bonds. The quantitative estimate of drug-likeness (QED) is 0.202. The summed E-state index contributed by atoms with van der Waals surface area (Å²) in [5.41, 5.74) is 5.65. The van der Waals surface area contributed by atoms with Gasteiger partial charge in [-0.1, -0.05) is 41.9 Å². The minimum atomic E-state index is -1.52. The van der Waals surface area contributed by atoms with E-state index in [0.717, 1.165) is 4.90 Å². The highest BCUT2D eigenvalue weighted by molar-refractivity contribution is 6.33. The van der Waals surface area contributed by atoms with Crippen LogP contribution < -0.4 is 16.4 Å². The lowest BCUT2D eigenvalue weighted by atomic mass is 10.00. The molecule has 3 aromatic carbocycles. The highest BCUT2D eigenvalue weighted by Gasteiger charge is 2.40. The standard InChI is InChI=1S/C30H25ClF2N6O6/c31-20-9-8-15(24(40)12-35-30(44)45)10-19(20)17-5-3-6-21(26(17)33)36-29(43)23-11-16(32)13-38(23)25(41)14-39-22-7-2-1-4-18(22)27(37-39)28(34)42/h1-10,16,23,35H,11-14H2,(H2,34,42)(H,36,43)(H,44,45)/t16-,23+/m1/s1. The number of hydrogen-bond donors (Lipinski definition) is 4. The van der Waals surface area contributed by atoms with E-state index >= 15 is 4.39 Å². The van der Waals surface area contributed by atoms with Gasteiger partial charge < -0.3 is 26.4 Å². The molecule has 1 aliphatic rings. The number of primary amides is 1. The zero-order valence-corrected chi connectivity index (χ0v) is 24.1. The van der Waals surface area contributed by atoms with Gasteiger partial charge in [0.05, 0.1) is 24.3 Å². The Bertz CT molecular complexity index is 1860. The highest BCUT2D eigenvalue weighted by Crippen LogP contribution is 2.34. The number of nitrogens with one attached hydrogen (secondary N) is 2. The van der Waals surface area contributed by atoms with Gasteiger partial charge >= 0.3 is 6.09 Å². The molecule has 0 bridgehead atoms. The first-order valence-corrected chi connectivity index (χ1v) is 13.9. The zero-order chi connectivity index (χ0) is 32.4. The van der Waals surface area contributed by atoms with Crippen LogP contribution in [0.1, 0.15) is 27.3 Å². The highest BCUT2D eigenvalue weighted by atomic mass is 35.5. The van der Waals surface area contributed by atoms with Crippen molar-refractivity contribution in [2.45, 2.75) is 25.2 Å². The summed E-state index contributed by atoms with van der Waals surface area (Å²) >= 11 is 6.29. The second-order valence-electron chi connectivity index (χ2n) is 10.2. The Balaban J connectivity index is 1.36. The van der Waals surface area contributed by atoms with Gasteiger partial charge in [-0.2, -0.15) is 5.10 Å². The maximum absolute atomic E-state index is 15.8. The normalized spacial score (nSPS) is 16.0. The van der Waals surface area contributed by atoms with Gasteiger partial charge in [-0.3, -0.25) is 23.9 Å². The first-order chi connectivity index (χ1) is 21.4. The fourth-order valence-electron chi connectivity index (χ4n) is 5.17. The number of anilines is 1. The largest absolute Gasteiger partial charge is 0.465 e. The molecule has 5 rings (SSSR count). The molecule has 0 radical (unpaired) electrons. The molecule has 1 fully saturated rings. The van der Waals surface area contributed by atoms with E-state index in [1.54, 1.807) is 24.3 Å². The van der Waals surface area contributed by atoms with Crippen LogP contribution in [-0.2, 0) is 16.1 Å². The molecular weight excluding hydrogens is 614 g/mol. The number of rotatable bonds is 9. The van der Waals surface area contributed by atoms with Crippen molar-refractivity contribution < 1.29 is 37.9 Å². The summed E-state index contributed by atoms with van der Waals surface area (Å²) in [6, 6.07) is 13.4. The predicted molar refractivity (Wildman–Crippen MR) is 159 cm³/mol. The average molecular weight is 639 g/mol. The van der Waals surface area contributed by atoms with E-state index in [1.807, 2.05) is 5.32 Å². The van der Waals surface area contributed by atoms with Gasteiger partial charge in [0.1, 0.15) is 18.8 Å². The number of para-hydroxylation sites is 1. The molecule has 5 N–H and O–H groups in total. The minimum Gasteiger partial charge on any atom is -0.465 e. The number of carbonyl (C=O) groups excluding carboxylic acids is 4. The summed E-state index contributed by atoms with van der Waals surface area (Å²) in [4.78, 5) is 62.7. The molecule has 1 aromatic heterocycles. The van der Waals surface area contributed by atoms with E-state index < -0.39 is 60.7 Å². The third-order valence-corrected chi connectivity index (χ3v) is 7.61. The maximum atomic E-state index is 15.8. The van der Waals surface area contributed by atoms with Crippen LogP contribution in [0.3, 0.4) is 0 Å². The minimum absolute atomic E-state index is 0.0419. The molecule has 0 saturated carbocycles. The molecule has 232 valence electrons. The number of amides is 4. The Morgan fingerprint density at radius 1 is 1.04 bits per heavy atom. The number of hydrogen-bond acceptors (Lipinski definition) is 6. The molecular formula is C30H25ClF2N6O6. The molecule has 2 heterocycles. The molecule has 2 atom stereocenters. The second-order valence-corrected chi connectivity index (χ2v) is 10.6. The van der Waals surface area contributed by atoms with Gasteiger partial charge in [-0.15, -0.1) is 0 Å². The molecule has 0 aliphatic carbocycles. The maximum Gasteiger partial charge on any atom is 0.405 e. The topological polar surface area (TPSA) is 177 Å². The Labute approximate surface area is 258 Å². The molecule has 15 heteroatoms. The molecule has 4 aromatic rings. The summed E-state index contributed by atoms with van der Waals surface area (Å²) in [6.45, 7) is -1.30. The number of aromatic nitrogens is 2. The van der Waals surface area contributed by atoms with Gasteiger partial charge in [0.15, 0.2) is 17.3 Å². The van der Waals surface area contributed by atoms with Crippen molar-refractivity contribution in [1.29, 1.82) is 0 Å². The first kappa shape index (κ1) is 31.1. The number of nitrogens with two attached hydrogens (primary N) is 1. The molecule has 0 spiro atoms. The number of fused-ring (bicyclic) bond motifs is 1. The number of alkyl halides is 1. The van der Waals surface area contributed by atoms with E-state index in [-0.39, 0.29) is 46.1 Å². The van der Waals surface area contributed by atoms with Crippen molar-refractivity contribution in [2.75, 3.05) is 18.4 Å². The van der Waals surface area contributed by atoms with Crippen LogP contribution in [0.5, 0.6) is 0 Å². The number of benzene rings is 3. The molecule has 0 unspecified atom stereocenters. The lowest BCUT2D eigenvalue weighted by Gasteiger charge is -2.24. The third kappa shape index (κ3) is 6.45. The lowest BCUT2D eigenvalue weighted by Crippen LogP contribution is -2.44. The summed E-state index contributed by atoms with van der Waals surface area (Å²) in [5, 5.41) is 17.8. The van der Waals surface area contributed by atoms with Gasteiger partial charge in [-0.05, 0) is 30.3 Å². The molecule has 12 nitrogen and oxygen atoms in total. The van der Waals surface area contributed by atoms with Crippen LogP contribution in [0.15, 0.2) is 60.7 Å². The Hall–Kier alpha value is -5.37. The number of ketones is 1. The van der Waals surface area contributed by atoms with Gasteiger partial charge in [0.2, 0.25) is 11.8 Å². The van der Waals surface area contributed by atoms with Crippen molar-refractivity contribution >= 4 is 57.8 Å². The smallest absolute Gasteiger partial charge is 0.405 e. The number of carbonyl (C=O) groups is 5. The molecule has 1 saturated heterocycles. The van der Waals surface area contributed by atoms with E-state index in [1.165, 1.54) is 41.1 Å². The first-order valence-electron chi connectivity index (χ1n) is 13.5. The van der Waals surface area contributed by atoms with Crippen LogP contribution in [0, 0.1) is 5.82 Å². The summed E-state index contributed by atoms with van der Waals surface area (Å²) in [5.74, 6) is -3.77. The summed E-state index contributed by atoms with van der Waals surface area (Å²) in [6.07, 6.45) is -3.24. The van der Waals surface area contributed by atoms with Crippen LogP contribution in [0.4, 0.5) is 19.3 Å². The molecule has 45 heavy (non-hydrogen) atoms. The fraction of sp³-hybridized carbons (Fsp3) is 0.200. The number of halogens is 3. The monoisotopic (exact) mass is 638 g/mol. The number of carboxylic acid groups (broad SMARTS) is 1. The van der Waals surface area contributed by atoms with Crippen molar-refractivity contribution in [2.24, 2.45) is 5.73 Å². The van der Waals surface area contributed by atoms with Crippen molar-refractivity contribution in [3.05, 3.63) is 82.8 Å². The van der Waals surface area contributed by atoms with Crippen LogP contribution in [0.25, 0.3) is 22.0 Å². The van der Waals surface area contributed by atoms with Crippen LogP contribution in [-0.4, -0.2) is 74.7 Å². The number of nitrogens with zero attached hydrogens (tertiary/aromatic N) is 3. The van der Waals surface area contributed by atoms with Crippen LogP contribution >= 0.6 is 11.6 Å². The molecule has 1 aliphatic heterocycles. The third-order valence-electron chi connectivity index (χ3n) is 7.28. The lowest BCUT2D eigenvalue weighted by molar-refractivity contribution is -0.137. The van der Waals surface area contributed by atoms with Crippen molar-refractivity contribution in [3.63, 3.8) is 0 Å². The van der Waals surface area contributed by atoms with Gasteiger partial charge in [0.25, 0.3) is 5.91 Å². The van der Waals surface area contributed by atoms with Gasteiger partial charge in [0, 0.05) is 33.5 Å². The summed E-state index contributed by atoms with van der Waals surface area (Å²) in [7, 11) is 0. The zero-order valence-electron chi connectivity index (χ0n) is 23.3. The second kappa shape index (κ2) is 12.7. The number of Topliss-reactive ketones (excluding diaryl/α,β-unsaturated/α-hetero) is 1. The van der Waals surface area contributed by atoms with E-state index in [4.69, 9.17) is 22.4 Å². The van der Waals surface area contributed by atoms with E-state index in [9.17, 15) is 28.4 Å².